The summed E-state index contributed by atoms with van der Waals surface area (Å²) < 4.78 is 5.83. The molecule has 1 aliphatic heterocycles. The van der Waals surface area contributed by atoms with Gasteiger partial charge in [-0.15, -0.1) is 0 Å². The summed E-state index contributed by atoms with van der Waals surface area (Å²) in [6.45, 7) is 0.902. The molecular weight excluding hydrogens is 174 g/mol. The van der Waals surface area contributed by atoms with Crippen LogP contribution in [-0.2, 0) is 4.74 Å². The van der Waals surface area contributed by atoms with Gasteiger partial charge in [0.15, 0.2) is 0 Å². The average molecular weight is 195 g/mol. The maximum Gasteiger partial charge on any atom is 0.0757 e. The molecule has 4 fully saturated rings. The van der Waals surface area contributed by atoms with Crippen molar-refractivity contribution in [1.29, 1.82) is 0 Å². The number of ether oxygens (including phenoxy) is 1. The van der Waals surface area contributed by atoms with Crippen molar-refractivity contribution in [3.05, 3.63) is 0 Å². The monoisotopic (exact) mass is 195 g/mol. The molecule has 0 aromatic rings. The Bertz CT molecular complexity index is 210. The zero-order valence-corrected chi connectivity index (χ0v) is 8.82. The largest absolute Gasteiger partial charge is 0.376 e. The molecule has 4 rings (SSSR count). The van der Waals surface area contributed by atoms with Gasteiger partial charge in [0.1, 0.15) is 0 Å². The second-order valence-electron chi connectivity index (χ2n) is 5.47. The molecule has 80 valence electrons. The van der Waals surface area contributed by atoms with E-state index in [1.807, 2.05) is 0 Å². The lowest BCUT2D eigenvalue weighted by atomic mass is 9.62. The van der Waals surface area contributed by atoms with E-state index in [9.17, 15) is 0 Å². The molecule has 2 N–H and O–H groups in total. The van der Waals surface area contributed by atoms with Gasteiger partial charge in [-0.1, -0.05) is 12.8 Å². The zero-order valence-electron chi connectivity index (χ0n) is 8.82. The van der Waals surface area contributed by atoms with E-state index in [0.29, 0.717) is 12.1 Å². The first-order valence-electron chi connectivity index (χ1n) is 6.22. The Morgan fingerprint density at radius 2 is 1.79 bits per heavy atom. The number of rotatable bonds is 1. The van der Waals surface area contributed by atoms with Crippen LogP contribution in [0.25, 0.3) is 0 Å². The fraction of sp³-hybridized carbons (Fsp3) is 1.00. The first-order chi connectivity index (χ1) is 6.84. The lowest BCUT2D eigenvalue weighted by Gasteiger charge is -2.45. The minimum atomic E-state index is 0.333. The van der Waals surface area contributed by atoms with Crippen molar-refractivity contribution < 1.29 is 4.74 Å². The van der Waals surface area contributed by atoms with Crippen molar-refractivity contribution in [3.8, 4) is 0 Å². The molecular formula is C12H21NO. The van der Waals surface area contributed by atoms with Gasteiger partial charge in [-0.25, -0.2) is 0 Å². The van der Waals surface area contributed by atoms with E-state index < -0.39 is 0 Å². The smallest absolute Gasteiger partial charge is 0.0757 e. The summed E-state index contributed by atoms with van der Waals surface area (Å²) in [6, 6.07) is 0.333. The average Bonchev–Trinajstić information content (AvgIpc) is 2.66. The highest BCUT2D eigenvalue weighted by atomic mass is 16.5. The summed E-state index contributed by atoms with van der Waals surface area (Å²) in [6.07, 6.45) is 8.74. The molecule has 3 saturated carbocycles. The van der Waals surface area contributed by atoms with E-state index in [2.05, 4.69) is 0 Å². The molecule has 0 aromatic heterocycles. The minimum Gasteiger partial charge on any atom is -0.376 e. The fourth-order valence-electron chi connectivity index (χ4n) is 3.90. The first kappa shape index (κ1) is 9.17. The Hall–Kier alpha value is -0.0800. The molecule has 4 aliphatic rings. The molecule has 1 heterocycles. The zero-order chi connectivity index (χ0) is 9.54. The van der Waals surface area contributed by atoms with Crippen LogP contribution in [0.15, 0.2) is 0 Å². The summed E-state index contributed by atoms with van der Waals surface area (Å²) in [4.78, 5) is 0. The van der Waals surface area contributed by atoms with Crippen LogP contribution in [0.4, 0.5) is 0 Å². The summed E-state index contributed by atoms with van der Waals surface area (Å²) in [5.74, 6) is 2.75. The van der Waals surface area contributed by atoms with Crippen LogP contribution in [0.5, 0.6) is 0 Å². The van der Waals surface area contributed by atoms with Crippen LogP contribution < -0.4 is 5.73 Å². The van der Waals surface area contributed by atoms with E-state index in [0.717, 1.165) is 30.8 Å². The van der Waals surface area contributed by atoms with Gasteiger partial charge in [0.2, 0.25) is 0 Å². The molecule has 0 amide bonds. The van der Waals surface area contributed by atoms with Gasteiger partial charge < -0.3 is 10.5 Å². The van der Waals surface area contributed by atoms with Gasteiger partial charge in [-0.3, -0.25) is 0 Å². The topological polar surface area (TPSA) is 35.2 Å². The highest BCUT2D eigenvalue weighted by Crippen LogP contribution is 2.47. The van der Waals surface area contributed by atoms with Gasteiger partial charge in [0.25, 0.3) is 0 Å². The molecule has 3 aliphatic carbocycles. The van der Waals surface area contributed by atoms with Crippen LogP contribution in [0.3, 0.4) is 0 Å². The maximum atomic E-state index is 6.12. The number of fused-ring (bicyclic) bond motifs is 3. The summed E-state index contributed by atoms with van der Waals surface area (Å²) in [5, 5.41) is 0. The standard InChI is InChI=1S/C12H21NO/c13-11-5-6-14-12(11)10-7-8-1-3-9(10)4-2-8/h8-12H,1-7,13H2. The van der Waals surface area contributed by atoms with E-state index in [4.69, 9.17) is 10.5 Å². The van der Waals surface area contributed by atoms with Crippen LogP contribution in [0, 0.1) is 17.8 Å². The fourth-order valence-corrected chi connectivity index (χ4v) is 3.90. The molecule has 2 nitrogen and oxygen atoms in total. The van der Waals surface area contributed by atoms with Crippen LogP contribution >= 0.6 is 0 Å². The summed E-state index contributed by atoms with van der Waals surface area (Å²) in [5.41, 5.74) is 6.12. The van der Waals surface area contributed by atoms with Crippen molar-refractivity contribution in [3.63, 3.8) is 0 Å². The lowest BCUT2D eigenvalue weighted by molar-refractivity contribution is -0.0240. The lowest BCUT2D eigenvalue weighted by Crippen LogP contribution is -2.44. The van der Waals surface area contributed by atoms with Crippen molar-refractivity contribution in [1.82, 2.24) is 0 Å². The Morgan fingerprint density at radius 3 is 2.29 bits per heavy atom. The minimum absolute atomic E-state index is 0.333. The molecule has 1 saturated heterocycles. The number of nitrogens with two attached hydrogens (primary N) is 1. The molecule has 0 radical (unpaired) electrons. The molecule has 3 unspecified atom stereocenters. The van der Waals surface area contributed by atoms with Crippen LogP contribution in [-0.4, -0.2) is 18.8 Å². The van der Waals surface area contributed by atoms with Crippen molar-refractivity contribution in [2.45, 2.75) is 50.7 Å². The Morgan fingerprint density at radius 1 is 1.00 bits per heavy atom. The van der Waals surface area contributed by atoms with Crippen molar-refractivity contribution in [2.24, 2.45) is 23.5 Å². The molecule has 3 atom stereocenters. The highest BCUT2D eigenvalue weighted by molar-refractivity contribution is 4.95. The van der Waals surface area contributed by atoms with E-state index in [1.165, 1.54) is 32.1 Å². The molecule has 14 heavy (non-hydrogen) atoms. The maximum absolute atomic E-state index is 6.12. The van der Waals surface area contributed by atoms with E-state index in [-0.39, 0.29) is 0 Å². The van der Waals surface area contributed by atoms with Gasteiger partial charge in [-0.05, 0) is 43.4 Å². The van der Waals surface area contributed by atoms with Crippen molar-refractivity contribution >= 4 is 0 Å². The molecule has 0 spiro atoms. The van der Waals surface area contributed by atoms with E-state index >= 15 is 0 Å². The number of hydrogen-bond acceptors (Lipinski definition) is 2. The van der Waals surface area contributed by atoms with Crippen molar-refractivity contribution in [2.75, 3.05) is 6.61 Å². The van der Waals surface area contributed by atoms with Gasteiger partial charge in [-0.2, -0.15) is 0 Å². The van der Waals surface area contributed by atoms with Gasteiger partial charge in [0, 0.05) is 12.6 Å². The summed E-state index contributed by atoms with van der Waals surface area (Å²) in [7, 11) is 0. The molecule has 2 bridgehead atoms. The predicted molar refractivity (Wildman–Crippen MR) is 55.9 cm³/mol. The second-order valence-corrected chi connectivity index (χ2v) is 5.47. The van der Waals surface area contributed by atoms with Crippen LogP contribution in [0.1, 0.15) is 38.5 Å². The third kappa shape index (κ3) is 1.40. The van der Waals surface area contributed by atoms with Gasteiger partial charge >= 0.3 is 0 Å². The van der Waals surface area contributed by atoms with E-state index in [1.54, 1.807) is 0 Å². The molecule has 2 heteroatoms. The molecule has 0 aromatic carbocycles. The third-order valence-electron chi connectivity index (χ3n) is 4.71. The summed E-state index contributed by atoms with van der Waals surface area (Å²) >= 11 is 0. The Balaban J connectivity index is 1.72. The number of hydrogen-bond donors (Lipinski definition) is 1. The normalized spacial score (nSPS) is 52.5. The van der Waals surface area contributed by atoms with Crippen LogP contribution in [0.2, 0.25) is 0 Å². The Kier molecular flexibility index (Phi) is 2.29. The second kappa shape index (κ2) is 3.49. The van der Waals surface area contributed by atoms with Gasteiger partial charge in [0.05, 0.1) is 6.10 Å². The highest BCUT2D eigenvalue weighted by Gasteiger charge is 2.43. The third-order valence-corrected chi connectivity index (χ3v) is 4.71. The predicted octanol–water partition coefficient (Wildman–Crippen LogP) is 1.93. The first-order valence-corrected chi connectivity index (χ1v) is 6.22. The quantitative estimate of drug-likeness (QED) is 0.694. The SMILES string of the molecule is NC1CCOC1C1CC2CCC1CC2. The Labute approximate surface area is 86.2 Å².